The normalized spacial score (nSPS) is 34.5. The molecule has 2 aliphatic rings. The lowest BCUT2D eigenvalue weighted by molar-refractivity contribution is 0.202. The van der Waals surface area contributed by atoms with Crippen molar-refractivity contribution in [2.45, 2.75) is 51.1 Å². The van der Waals surface area contributed by atoms with Crippen LogP contribution in [0.4, 0.5) is 0 Å². The Morgan fingerprint density at radius 3 is 2.50 bits per heavy atom. The fourth-order valence-electron chi connectivity index (χ4n) is 3.03. The molecule has 2 unspecified atom stereocenters. The third kappa shape index (κ3) is 2.29. The third-order valence-corrected chi connectivity index (χ3v) is 4.16. The van der Waals surface area contributed by atoms with E-state index in [2.05, 4.69) is 24.2 Å². The van der Waals surface area contributed by atoms with Crippen LogP contribution in [0.1, 0.15) is 39.0 Å². The Kier molecular flexibility index (Phi) is 3.45. The van der Waals surface area contributed by atoms with Gasteiger partial charge in [0.25, 0.3) is 0 Å². The quantitative estimate of drug-likeness (QED) is 0.741. The van der Waals surface area contributed by atoms with Crippen LogP contribution in [0.15, 0.2) is 0 Å². The van der Waals surface area contributed by atoms with E-state index in [9.17, 15) is 0 Å². The molecular weight excluding hydrogens is 172 g/mol. The van der Waals surface area contributed by atoms with Gasteiger partial charge in [-0.2, -0.15) is 0 Å². The molecule has 0 aromatic carbocycles. The van der Waals surface area contributed by atoms with Crippen molar-refractivity contribution in [1.29, 1.82) is 0 Å². The predicted octanol–water partition coefficient (Wildman–Crippen LogP) is 1.86. The first kappa shape index (κ1) is 10.4. The Morgan fingerprint density at radius 2 is 1.93 bits per heavy atom. The van der Waals surface area contributed by atoms with E-state index < -0.39 is 0 Å². The molecule has 2 rings (SSSR count). The summed E-state index contributed by atoms with van der Waals surface area (Å²) in [5, 5.41) is 3.54. The second-order valence-electron chi connectivity index (χ2n) is 5.17. The Morgan fingerprint density at radius 1 is 1.21 bits per heavy atom. The highest BCUT2D eigenvalue weighted by Crippen LogP contribution is 2.25. The maximum atomic E-state index is 3.54. The van der Waals surface area contributed by atoms with Crippen LogP contribution in [-0.2, 0) is 0 Å². The van der Waals surface area contributed by atoms with Crippen LogP contribution in [-0.4, -0.2) is 37.1 Å². The average molecular weight is 196 g/mol. The van der Waals surface area contributed by atoms with E-state index in [1.54, 1.807) is 0 Å². The van der Waals surface area contributed by atoms with Crippen molar-refractivity contribution in [3.05, 3.63) is 0 Å². The third-order valence-electron chi connectivity index (χ3n) is 4.16. The molecule has 1 aliphatic heterocycles. The molecule has 2 heteroatoms. The molecule has 2 atom stereocenters. The van der Waals surface area contributed by atoms with Gasteiger partial charge in [0.2, 0.25) is 0 Å². The van der Waals surface area contributed by atoms with Gasteiger partial charge in [-0.3, -0.25) is 0 Å². The van der Waals surface area contributed by atoms with Crippen LogP contribution in [0.5, 0.6) is 0 Å². The lowest BCUT2D eigenvalue weighted by Crippen LogP contribution is -2.37. The summed E-state index contributed by atoms with van der Waals surface area (Å²) in [6.45, 7) is 4.86. The van der Waals surface area contributed by atoms with Crippen LogP contribution in [0, 0.1) is 5.92 Å². The van der Waals surface area contributed by atoms with Gasteiger partial charge in [0.1, 0.15) is 0 Å². The summed E-state index contributed by atoms with van der Waals surface area (Å²) in [5.74, 6) is 0.889. The van der Waals surface area contributed by atoms with Gasteiger partial charge in [0.05, 0.1) is 0 Å². The molecule has 1 N–H and O–H groups in total. The van der Waals surface area contributed by atoms with Crippen LogP contribution >= 0.6 is 0 Å². The van der Waals surface area contributed by atoms with Gasteiger partial charge in [-0.05, 0) is 45.7 Å². The second-order valence-corrected chi connectivity index (χ2v) is 5.17. The highest BCUT2D eigenvalue weighted by molar-refractivity contribution is 4.84. The molecule has 0 spiro atoms. The topological polar surface area (TPSA) is 15.3 Å². The molecule has 14 heavy (non-hydrogen) atoms. The van der Waals surface area contributed by atoms with Crippen molar-refractivity contribution in [3.8, 4) is 0 Å². The standard InChI is InChI=1S/C12H24N2/c1-10-11(7-8-13-10)9-14(2)12-5-3-4-6-12/h10-13H,3-9H2,1-2H3. The summed E-state index contributed by atoms with van der Waals surface area (Å²) in [6, 6.07) is 1.63. The fourth-order valence-corrected chi connectivity index (χ4v) is 3.03. The zero-order valence-corrected chi connectivity index (χ0v) is 9.63. The average Bonchev–Trinajstić information content (AvgIpc) is 2.77. The summed E-state index contributed by atoms with van der Waals surface area (Å²) >= 11 is 0. The minimum atomic E-state index is 0.735. The number of hydrogen-bond donors (Lipinski definition) is 1. The van der Waals surface area contributed by atoms with E-state index in [4.69, 9.17) is 0 Å². The SMILES string of the molecule is CC1NCCC1CN(C)C1CCCC1. The Hall–Kier alpha value is -0.0800. The Bertz CT molecular complexity index is 175. The van der Waals surface area contributed by atoms with E-state index >= 15 is 0 Å². The van der Waals surface area contributed by atoms with Crippen LogP contribution in [0.2, 0.25) is 0 Å². The predicted molar refractivity (Wildman–Crippen MR) is 60.5 cm³/mol. The largest absolute Gasteiger partial charge is 0.314 e. The minimum absolute atomic E-state index is 0.735. The first-order chi connectivity index (χ1) is 6.77. The van der Waals surface area contributed by atoms with Crippen molar-refractivity contribution in [1.82, 2.24) is 10.2 Å². The lowest BCUT2D eigenvalue weighted by atomic mass is 10.0. The molecule has 0 amide bonds. The van der Waals surface area contributed by atoms with Gasteiger partial charge in [-0.1, -0.05) is 12.8 Å². The van der Waals surface area contributed by atoms with E-state index in [1.807, 2.05) is 0 Å². The maximum Gasteiger partial charge on any atom is 0.00923 e. The molecule has 1 aliphatic carbocycles. The molecule has 1 saturated carbocycles. The molecular formula is C12H24N2. The highest BCUT2D eigenvalue weighted by Gasteiger charge is 2.27. The zero-order valence-electron chi connectivity index (χ0n) is 9.63. The molecule has 1 saturated heterocycles. The minimum Gasteiger partial charge on any atom is -0.314 e. The van der Waals surface area contributed by atoms with E-state index in [0.717, 1.165) is 18.0 Å². The molecule has 2 fully saturated rings. The molecule has 0 aromatic heterocycles. The first-order valence-corrected chi connectivity index (χ1v) is 6.21. The second kappa shape index (κ2) is 4.63. The van der Waals surface area contributed by atoms with Gasteiger partial charge in [0.15, 0.2) is 0 Å². The van der Waals surface area contributed by atoms with Crippen molar-refractivity contribution in [2.24, 2.45) is 5.92 Å². The number of hydrogen-bond acceptors (Lipinski definition) is 2. The van der Waals surface area contributed by atoms with Crippen molar-refractivity contribution in [2.75, 3.05) is 20.1 Å². The summed E-state index contributed by atoms with van der Waals surface area (Å²) < 4.78 is 0. The van der Waals surface area contributed by atoms with Crippen LogP contribution in [0.25, 0.3) is 0 Å². The molecule has 0 bridgehead atoms. The molecule has 82 valence electrons. The summed E-state index contributed by atoms with van der Waals surface area (Å²) in [5.41, 5.74) is 0. The monoisotopic (exact) mass is 196 g/mol. The van der Waals surface area contributed by atoms with E-state index in [-0.39, 0.29) is 0 Å². The number of nitrogens with one attached hydrogen (secondary N) is 1. The maximum absolute atomic E-state index is 3.54. The summed E-state index contributed by atoms with van der Waals surface area (Å²) in [7, 11) is 2.32. The fraction of sp³-hybridized carbons (Fsp3) is 1.00. The van der Waals surface area contributed by atoms with Gasteiger partial charge in [-0.25, -0.2) is 0 Å². The highest BCUT2D eigenvalue weighted by atomic mass is 15.1. The van der Waals surface area contributed by atoms with Crippen molar-refractivity contribution in [3.63, 3.8) is 0 Å². The molecule has 1 heterocycles. The van der Waals surface area contributed by atoms with Crippen molar-refractivity contribution >= 4 is 0 Å². The first-order valence-electron chi connectivity index (χ1n) is 6.21. The van der Waals surface area contributed by atoms with E-state index in [1.165, 1.54) is 45.2 Å². The lowest BCUT2D eigenvalue weighted by Gasteiger charge is -2.28. The smallest absolute Gasteiger partial charge is 0.00923 e. The van der Waals surface area contributed by atoms with Gasteiger partial charge >= 0.3 is 0 Å². The molecule has 0 aromatic rings. The summed E-state index contributed by atoms with van der Waals surface area (Å²) in [6.07, 6.45) is 7.15. The Balaban J connectivity index is 1.78. The summed E-state index contributed by atoms with van der Waals surface area (Å²) in [4.78, 5) is 2.61. The number of nitrogens with zero attached hydrogens (tertiary/aromatic N) is 1. The number of rotatable bonds is 3. The van der Waals surface area contributed by atoms with Gasteiger partial charge in [-0.15, -0.1) is 0 Å². The van der Waals surface area contributed by atoms with Crippen LogP contribution in [0.3, 0.4) is 0 Å². The van der Waals surface area contributed by atoms with Gasteiger partial charge in [0, 0.05) is 18.6 Å². The Labute approximate surface area is 88.1 Å². The van der Waals surface area contributed by atoms with Crippen molar-refractivity contribution < 1.29 is 0 Å². The molecule has 2 nitrogen and oxygen atoms in total. The van der Waals surface area contributed by atoms with E-state index in [0.29, 0.717) is 0 Å². The zero-order chi connectivity index (χ0) is 9.97. The van der Waals surface area contributed by atoms with Crippen LogP contribution < -0.4 is 5.32 Å². The molecule has 0 radical (unpaired) electrons. The van der Waals surface area contributed by atoms with Gasteiger partial charge < -0.3 is 10.2 Å².